The van der Waals surface area contributed by atoms with Crippen molar-refractivity contribution in [3.8, 4) is 0 Å². The van der Waals surface area contributed by atoms with Crippen LogP contribution in [0.1, 0.15) is 22.3 Å². The fourth-order valence-electron chi connectivity index (χ4n) is 2.13. The van der Waals surface area contributed by atoms with E-state index < -0.39 is 23.7 Å². The Morgan fingerprint density at radius 3 is 2.58 bits per heavy atom. The first-order chi connectivity index (χ1) is 11.6. The molecule has 2 rings (SSSR count). The standard InChI is InChI=1S/C19H18FNO3/c1-24-19(23)17(12-5-9-14-7-3-2-4-8-14)21-18(22)15-10-6-11-16(20)13-15/h2-11,13,17H,12H2,1H3,(H,21,22)/b9-5+/t17-/m1/s1. The number of hydrogen-bond acceptors (Lipinski definition) is 3. The molecule has 0 bridgehead atoms. The molecule has 0 saturated carbocycles. The Hall–Kier alpha value is -2.95. The SMILES string of the molecule is COC(=O)[C@@H](C/C=C/c1ccccc1)NC(=O)c1cccc(F)c1. The van der Waals surface area contributed by atoms with E-state index in [9.17, 15) is 14.0 Å². The van der Waals surface area contributed by atoms with Crippen molar-refractivity contribution < 1.29 is 18.7 Å². The van der Waals surface area contributed by atoms with Crippen LogP contribution < -0.4 is 5.32 Å². The molecule has 24 heavy (non-hydrogen) atoms. The van der Waals surface area contributed by atoms with Gasteiger partial charge in [-0.1, -0.05) is 48.6 Å². The van der Waals surface area contributed by atoms with Crippen molar-refractivity contribution in [1.82, 2.24) is 5.32 Å². The molecule has 4 nitrogen and oxygen atoms in total. The molecule has 0 radical (unpaired) electrons. The molecule has 1 N–H and O–H groups in total. The first-order valence-electron chi connectivity index (χ1n) is 7.46. The largest absolute Gasteiger partial charge is 0.467 e. The van der Waals surface area contributed by atoms with Crippen LogP contribution in [0, 0.1) is 5.82 Å². The molecule has 0 heterocycles. The van der Waals surface area contributed by atoms with Gasteiger partial charge in [-0.15, -0.1) is 0 Å². The van der Waals surface area contributed by atoms with Crippen molar-refractivity contribution in [2.24, 2.45) is 0 Å². The number of carbonyl (C=O) groups is 2. The Morgan fingerprint density at radius 2 is 1.92 bits per heavy atom. The minimum Gasteiger partial charge on any atom is -0.467 e. The predicted molar refractivity (Wildman–Crippen MR) is 89.8 cm³/mol. The zero-order valence-electron chi connectivity index (χ0n) is 13.2. The summed E-state index contributed by atoms with van der Waals surface area (Å²) in [4.78, 5) is 24.0. The monoisotopic (exact) mass is 327 g/mol. The lowest BCUT2D eigenvalue weighted by atomic mass is 10.1. The molecule has 0 fully saturated rings. The van der Waals surface area contributed by atoms with E-state index >= 15 is 0 Å². The van der Waals surface area contributed by atoms with Crippen LogP contribution >= 0.6 is 0 Å². The maximum Gasteiger partial charge on any atom is 0.328 e. The van der Waals surface area contributed by atoms with Gasteiger partial charge in [-0.2, -0.15) is 0 Å². The molecule has 2 aromatic rings. The first kappa shape index (κ1) is 17.4. The number of hydrogen-bond donors (Lipinski definition) is 1. The van der Waals surface area contributed by atoms with Crippen molar-refractivity contribution >= 4 is 18.0 Å². The Morgan fingerprint density at radius 1 is 1.17 bits per heavy atom. The zero-order valence-corrected chi connectivity index (χ0v) is 13.2. The third-order valence-corrected chi connectivity index (χ3v) is 3.36. The highest BCUT2D eigenvalue weighted by Gasteiger charge is 2.21. The molecular weight excluding hydrogens is 309 g/mol. The van der Waals surface area contributed by atoms with Gasteiger partial charge in [0, 0.05) is 5.56 Å². The van der Waals surface area contributed by atoms with Crippen LogP contribution in [0.25, 0.3) is 6.08 Å². The summed E-state index contributed by atoms with van der Waals surface area (Å²) in [5, 5.41) is 2.57. The van der Waals surface area contributed by atoms with Gasteiger partial charge in [-0.05, 0) is 30.2 Å². The number of benzene rings is 2. The number of rotatable bonds is 6. The van der Waals surface area contributed by atoms with Gasteiger partial charge in [0.15, 0.2) is 0 Å². The molecule has 0 aromatic heterocycles. The highest BCUT2D eigenvalue weighted by Crippen LogP contribution is 2.07. The number of carbonyl (C=O) groups excluding carboxylic acids is 2. The van der Waals surface area contributed by atoms with E-state index in [1.165, 1.54) is 25.3 Å². The number of methoxy groups -OCH3 is 1. The third kappa shape index (κ3) is 5.05. The smallest absolute Gasteiger partial charge is 0.328 e. The first-order valence-corrected chi connectivity index (χ1v) is 7.46. The Labute approximate surface area is 140 Å². The maximum atomic E-state index is 13.2. The quantitative estimate of drug-likeness (QED) is 0.829. The summed E-state index contributed by atoms with van der Waals surface area (Å²) >= 11 is 0. The minimum absolute atomic E-state index is 0.149. The van der Waals surface area contributed by atoms with Crippen LogP contribution in [0.3, 0.4) is 0 Å². The fraction of sp³-hybridized carbons (Fsp3) is 0.158. The van der Waals surface area contributed by atoms with Gasteiger partial charge < -0.3 is 10.1 Å². The molecule has 0 saturated heterocycles. The number of nitrogens with one attached hydrogen (secondary N) is 1. The number of esters is 1. The van der Waals surface area contributed by atoms with Crippen molar-refractivity contribution in [3.05, 3.63) is 77.6 Å². The van der Waals surface area contributed by atoms with Crippen LogP contribution in [0.5, 0.6) is 0 Å². The summed E-state index contributed by atoms with van der Waals surface area (Å²) < 4.78 is 17.9. The average molecular weight is 327 g/mol. The summed E-state index contributed by atoms with van der Waals surface area (Å²) in [6.45, 7) is 0. The van der Waals surface area contributed by atoms with Crippen molar-refractivity contribution in [2.75, 3.05) is 7.11 Å². The summed E-state index contributed by atoms with van der Waals surface area (Å²) in [6.07, 6.45) is 3.90. The summed E-state index contributed by atoms with van der Waals surface area (Å²) in [7, 11) is 1.25. The van der Waals surface area contributed by atoms with Crippen LogP contribution in [-0.2, 0) is 9.53 Å². The van der Waals surface area contributed by atoms with E-state index in [0.717, 1.165) is 11.6 Å². The summed E-state index contributed by atoms with van der Waals surface area (Å²) in [5.74, 6) is -1.60. The summed E-state index contributed by atoms with van der Waals surface area (Å²) in [6, 6.07) is 14.0. The topological polar surface area (TPSA) is 55.4 Å². The highest BCUT2D eigenvalue weighted by atomic mass is 19.1. The van der Waals surface area contributed by atoms with Gasteiger partial charge in [0.1, 0.15) is 11.9 Å². The number of ether oxygens (including phenoxy) is 1. The van der Waals surface area contributed by atoms with E-state index in [1.54, 1.807) is 6.08 Å². The molecule has 0 aliphatic heterocycles. The number of amides is 1. The molecule has 0 spiro atoms. The Balaban J connectivity index is 2.04. The molecule has 1 atom stereocenters. The van der Waals surface area contributed by atoms with Crippen molar-refractivity contribution in [3.63, 3.8) is 0 Å². The number of halogens is 1. The van der Waals surface area contributed by atoms with Crippen LogP contribution in [0.4, 0.5) is 4.39 Å². The van der Waals surface area contributed by atoms with Gasteiger partial charge in [0.25, 0.3) is 5.91 Å². The van der Waals surface area contributed by atoms with Gasteiger partial charge in [0.05, 0.1) is 7.11 Å². The predicted octanol–water partition coefficient (Wildman–Crippen LogP) is 3.20. The van der Waals surface area contributed by atoms with E-state index in [2.05, 4.69) is 5.32 Å². The van der Waals surface area contributed by atoms with E-state index in [4.69, 9.17) is 4.74 Å². The van der Waals surface area contributed by atoms with Gasteiger partial charge in [-0.3, -0.25) is 4.79 Å². The zero-order chi connectivity index (χ0) is 17.4. The lowest BCUT2D eigenvalue weighted by Crippen LogP contribution is -2.41. The molecule has 0 unspecified atom stereocenters. The van der Waals surface area contributed by atoms with E-state index in [-0.39, 0.29) is 12.0 Å². The second-order valence-electron chi connectivity index (χ2n) is 5.11. The molecule has 2 aromatic carbocycles. The van der Waals surface area contributed by atoms with Crippen molar-refractivity contribution in [2.45, 2.75) is 12.5 Å². The highest BCUT2D eigenvalue weighted by molar-refractivity contribution is 5.96. The second kappa shape index (κ2) is 8.62. The van der Waals surface area contributed by atoms with Crippen molar-refractivity contribution in [1.29, 1.82) is 0 Å². The van der Waals surface area contributed by atoms with Crippen LogP contribution in [-0.4, -0.2) is 25.0 Å². The lowest BCUT2D eigenvalue weighted by Gasteiger charge is -2.15. The molecule has 5 heteroatoms. The van der Waals surface area contributed by atoms with Gasteiger partial charge in [0.2, 0.25) is 0 Å². The Bertz CT molecular complexity index is 728. The van der Waals surface area contributed by atoms with Gasteiger partial charge in [-0.25, -0.2) is 9.18 Å². The van der Waals surface area contributed by atoms with Crippen LogP contribution in [0.15, 0.2) is 60.7 Å². The van der Waals surface area contributed by atoms with Gasteiger partial charge >= 0.3 is 5.97 Å². The maximum absolute atomic E-state index is 13.2. The fourth-order valence-corrected chi connectivity index (χ4v) is 2.13. The molecule has 0 aliphatic rings. The normalized spacial score (nSPS) is 11.9. The summed E-state index contributed by atoms with van der Waals surface area (Å²) in [5.41, 5.74) is 1.13. The average Bonchev–Trinajstić information content (AvgIpc) is 2.61. The minimum atomic E-state index is -0.842. The van der Waals surface area contributed by atoms with E-state index in [0.29, 0.717) is 0 Å². The lowest BCUT2D eigenvalue weighted by molar-refractivity contribution is -0.142. The molecular formula is C19H18FNO3. The molecule has 124 valence electrons. The van der Waals surface area contributed by atoms with Crippen LogP contribution in [0.2, 0.25) is 0 Å². The third-order valence-electron chi connectivity index (χ3n) is 3.36. The molecule has 0 aliphatic carbocycles. The van der Waals surface area contributed by atoms with E-state index in [1.807, 2.05) is 36.4 Å². The molecule has 1 amide bonds. The Kier molecular flexibility index (Phi) is 6.25. The second-order valence-corrected chi connectivity index (χ2v) is 5.11.